The second-order valence-corrected chi connectivity index (χ2v) is 10.0. The Morgan fingerprint density at radius 1 is 1.11 bits per heavy atom. The number of hydrogen-bond donors (Lipinski definition) is 5. The van der Waals surface area contributed by atoms with Crippen molar-refractivity contribution in [2.75, 3.05) is 37.2 Å². The molecule has 1 aromatic carbocycles. The predicted octanol–water partition coefficient (Wildman–Crippen LogP) is 3.50. The Morgan fingerprint density at radius 3 is 2.34 bits per heavy atom. The van der Waals surface area contributed by atoms with Gasteiger partial charge in [-0.1, -0.05) is 12.1 Å². The highest BCUT2D eigenvalue weighted by Gasteiger charge is 2.38. The molecule has 3 heterocycles. The highest BCUT2D eigenvalue weighted by atomic mass is 32.2. The lowest BCUT2D eigenvalue weighted by molar-refractivity contribution is -0.192. The van der Waals surface area contributed by atoms with Crippen molar-refractivity contribution < 1.29 is 32.7 Å². The third-order valence-electron chi connectivity index (χ3n) is 6.34. The number of halogens is 3. The number of carbonyl (C=O) groups excluding carboxylic acids is 2. The summed E-state index contributed by atoms with van der Waals surface area (Å²) in [4.78, 5) is 35.5. The number of nitrogens with one attached hydrogen (secondary N) is 3. The van der Waals surface area contributed by atoms with Gasteiger partial charge in [-0.15, -0.1) is 11.8 Å². The van der Waals surface area contributed by atoms with E-state index in [2.05, 4.69) is 26.9 Å². The van der Waals surface area contributed by atoms with Crippen LogP contribution in [-0.2, 0) is 9.59 Å². The van der Waals surface area contributed by atoms with Gasteiger partial charge in [0.05, 0.1) is 17.1 Å². The minimum Gasteiger partial charge on any atom is -0.475 e. The molecule has 0 aliphatic carbocycles. The first-order chi connectivity index (χ1) is 18.0. The molecule has 2 saturated heterocycles. The Hall–Kier alpha value is -3.26. The van der Waals surface area contributed by atoms with E-state index in [1.54, 1.807) is 0 Å². The molecule has 0 bridgehead atoms. The zero-order chi connectivity index (χ0) is 27.7. The lowest BCUT2D eigenvalue weighted by Gasteiger charge is -2.31. The summed E-state index contributed by atoms with van der Waals surface area (Å²) in [7, 11) is 0. The molecular weight excluding hydrogens is 525 g/mol. The van der Waals surface area contributed by atoms with Gasteiger partial charge < -0.3 is 26.4 Å². The number of benzene rings is 1. The zero-order valence-corrected chi connectivity index (χ0v) is 21.4. The molecule has 4 rings (SSSR count). The molecule has 1 aromatic heterocycles. The number of carboxylic acid groups (broad SMARTS) is 1. The number of aromatic amines is 1. The van der Waals surface area contributed by atoms with Crippen molar-refractivity contribution in [3.05, 3.63) is 41.7 Å². The van der Waals surface area contributed by atoms with Crippen LogP contribution in [0.15, 0.2) is 35.2 Å². The van der Waals surface area contributed by atoms with Crippen molar-refractivity contribution in [2.45, 2.75) is 48.6 Å². The molecule has 2 fully saturated rings. The molecule has 0 atom stereocenters. The van der Waals surface area contributed by atoms with Gasteiger partial charge in [0.15, 0.2) is 0 Å². The average molecular weight is 557 g/mol. The first kappa shape index (κ1) is 29.3. The summed E-state index contributed by atoms with van der Waals surface area (Å²) in [6.07, 6.45) is -0.969. The number of amides is 3. The van der Waals surface area contributed by atoms with Gasteiger partial charge in [0.1, 0.15) is 0 Å². The quantitative estimate of drug-likeness (QED) is 0.341. The number of hydrogen-bond acceptors (Lipinski definition) is 6. The Morgan fingerprint density at radius 2 is 1.74 bits per heavy atom. The summed E-state index contributed by atoms with van der Waals surface area (Å²) in [6, 6.07) is 9.61. The number of likely N-dealkylation sites (tertiary alicyclic amines) is 1. The summed E-state index contributed by atoms with van der Waals surface area (Å²) in [6.45, 7) is 3.53. The lowest BCUT2D eigenvalue weighted by atomic mass is 9.91. The molecule has 2 aliphatic rings. The summed E-state index contributed by atoms with van der Waals surface area (Å²) < 4.78 is 31.7. The molecular formula is C24H31F3N6O4S. The van der Waals surface area contributed by atoms with Crippen LogP contribution in [-0.4, -0.2) is 76.2 Å². The number of urea groups is 1. The number of nitrogens with two attached hydrogens (primary N) is 1. The summed E-state index contributed by atoms with van der Waals surface area (Å²) in [5.41, 5.74) is 8.34. The number of nitrogens with zero attached hydrogens (tertiary/aromatic N) is 2. The Kier molecular flexibility index (Phi) is 10.4. The van der Waals surface area contributed by atoms with Gasteiger partial charge >= 0.3 is 18.2 Å². The van der Waals surface area contributed by atoms with Gasteiger partial charge in [-0.3, -0.25) is 9.89 Å². The van der Waals surface area contributed by atoms with E-state index in [1.165, 1.54) is 23.1 Å². The van der Waals surface area contributed by atoms with E-state index in [1.807, 2.05) is 29.2 Å². The Balaban J connectivity index is 0.000000505. The maximum absolute atomic E-state index is 12.8. The maximum Gasteiger partial charge on any atom is 0.490 e. The van der Waals surface area contributed by atoms with Gasteiger partial charge in [0.25, 0.3) is 0 Å². The number of H-pyrrole nitrogens is 1. The first-order valence-electron chi connectivity index (χ1n) is 12.2. The molecule has 208 valence electrons. The number of carboxylic acids is 1. The third-order valence-corrected chi connectivity index (χ3v) is 7.43. The summed E-state index contributed by atoms with van der Waals surface area (Å²) in [5, 5.41) is 21.4. The standard InChI is InChI=1S/C22H30N6O2S.C2HF3O2/c23-21(29)14-31-20-4-2-1-3-17(20)25-22(30)28-11-7-16(8-12-28)19-13-18(26-27-19)15-5-9-24-10-6-15;3-2(4,5)1(6)7/h1-4,13,15-16,24H,5-12,14H2,(H2,23,29)(H,25,30)(H,26,27);(H,6,7). The van der Waals surface area contributed by atoms with Crippen molar-refractivity contribution in [3.8, 4) is 0 Å². The number of rotatable bonds is 6. The smallest absolute Gasteiger partial charge is 0.475 e. The number of anilines is 1. The van der Waals surface area contributed by atoms with Crippen molar-refractivity contribution in [2.24, 2.45) is 5.73 Å². The average Bonchev–Trinajstić information content (AvgIpc) is 3.39. The largest absolute Gasteiger partial charge is 0.490 e. The van der Waals surface area contributed by atoms with Crippen molar-refractivity contribution in [3.63, 3.8) is 0 Å². The van der Waals surface area contributed by atoms with E-state index < -0.39 is 12.1 Å². The molecule has 38 heavy (non-hydrogen) atoms. The number of alkyl halides is 3. The van der Waals surface area contributed by atoms with Gasteiger partial charge in [-0.05, 0) is 57.0 Å². The molecule has 10 nitrogen and oxygen atoms in total. The monoisotopic (exact) mass is 556 g/mol. The highest BCUT2D eigenvalue weighted by Crippen LogP contribution is 2.31. The summed E-state index contributed by atoms with van der Waals surface area (Å²) >= 11 is 1.33. The van der Waals surface area contributed by atoms with Crippen LogP contribution in [0.2, 0.25) is 0 Å². The number of piperidine rings is 2. The molecule has 0 saturated carbocycles. The van der Waals surface area contributed by atoms with Crippen LogP contribution < -0.4 is 16.4 Å². The van der Waals surface area contributed by atoms with E-state index >= 15 is 0 Å². The van der Waals surface area contributed by atoms with Crippen LogP contribution in [0.5, 0.6) is 0 Å². The zero-order valence-electron chi connectivity index (χ0n) is 20.6. The van der Waals surface area contributed by atoms with E-state index in [0.717, 1.165) is 43.7 Å². The SMILES string of the molecule is NC(=O)CSc1ccccc1NC(=O)N1CCC(c2cc(C3CCNCC3)n[nH]2)CC1.O=C(O)C(F)(F)F. The Bertz CT molecular complexity index is 1100. The van der Waals surface area contributed by atoms with Crippen LogP contribution in [0.4, 0.5) is 23.7 Å². The topological polar surface area (TPSA) is 153 Å². The fourth-order valence-corrected chi connectivity index (χ4v) is 5.07. The minimum absolute atomic E-state index is 0.106. The second-order valence-electron chi connectivity index (χ2n) is 9.02. The molecule has 0 unspecified atom stereocenters. The highest BCUT2D eigenvalue weighted by molar-refractivity contribution is 8.00. The second kappa shape index (κ2) is 13.5. The first-order valence-corrected chi connectivity index (χ1v) is 13.1. The van der Waals surface area contributed by atoms with Crippen LogP contribution in [0.3, 0.4) is 0 Å². The molecule has 0 radical (unpaired) electrons. The molecule has 0 spiro atoms. The predicted molar refractivity (Wildman–Crippen MR) is 136 cm³/mol. The number of thioether (sulfide) groups is 1. The van der Waals surface area contributed by atoms with Crippen molar-refractivity contribution in [1.29, 1.82) is 0 Å². The molecule has 14 heteroatoms. The van der Waals surface area contributed by atoms with Crippen LogP contribution in [0, 0.1) is 0 Å². The number of primary amides is 1. The van der Waals surface area contributed by atoms with Crippen molar-refractivity contribution >= 4 is 35.4 Å². The molecule has 2 aromatic rings. The van der Waals surface area contributed by atoms with Crippen LogP contribution >= 0.6 is 11.8 Å². The van der Waals surface area contributed by atoms with E-state index in [9.17, 15) is 22.8 Å². The van der Waals surface area contributed by atoms with Gasteiger partial charge in [0.2, 0.25) is 5.91 Å². The fourth-order valence-electron chi connectivity index (χ4n) is 4.32. The van der Waals surface area contributed by atoms with Gasteiger partial charge in [0, 0.05) is 35.5 Å². The van der Waals surface area contributed by atoms with Crippen molar-refractivity contribution in [1.82, 2.24) is 20.4 Å². The van der Waals surface area contributed by atoms with Gasteiger partial charge in [-0.2, -0.15) is 18.3 Å². The van der Waals surface area contributed by atoms with E-state index in [0.29, 0.717) is 30.6 Å². The van der Waals surface area contributed by atoms with E-state index in [4.69, 9.17) is 15.6 Å². The molecule has 6 N–H and O–H groups in total. The fraction of sp³-hybridized carbons (Fsp3) is 0.500. The molecule has 2 aliphatic heterocycles. The summed E-state index contributed by atoms with van der Waals surface area (Å²) in [5.74, 6) is -2.00. The maximum atomic E-state index is 12.8. The minimum atomic E-state index is -5.08. The number of para-hydroxylation sites is 1. The number of carbonyl (C=O) groups is 3. The van der Waals surface area contributed by atoms with E-state index in [-0.39, 0.29) is 17.7 Å². The Labute approximate surface area is 221 Å². The van der Waals surface area contributed by atoms with Crippen LogP contribution in [0.25, 0.3) is 0 Å². The lowest BCUT2D eigenvalue weighted by Crippen LogP contribution is -2.40. The number of aliphatic carboxylic acids is 1. The third kappa shape index (κ3) is 8.65. The molecule has 3 amide bonds. The normalized spacial score (nSPS) is 16.9. The van der Waals surface area contributed by atoms with Crippen LogP contribution in [0.1, 0.15) is 48.9 Å². The van der Waals surface area contributed by atoms with Gasteiger partial charge in [-0.25, -0.2) is 9.59 Å². The number of aromatic nitrogens is 2.